The molecule has 0 aliphatic carbocycles. The SMILES string of the molecule is Cc1noc(C)c1-c1ccc2c3c(cccc13)C(=O)N2CCCc1ccccc1. The summed E-state index contributed by atoms with van der Waals surface area (Å²) in [6.07, 6.45) is 1.89. The lowest BCUT2D eigenvalue weighted by Gasteiger charge is -2.18. The van der Waals surface area contributed by atoms with Gasteiger partial charge in [-0.15, -0.1) is 0 Å². The highest BCUT2D eigenvalue weighted by molar-refractivity contribution is 6.26. The molecule has 144 valence electrons. The molecule has 1 aliphatic heterocycles. The van der Waals surface area contributed by atoms with Gasteiger partial charge in [-0.25, -0.2) is 0 Å². The van der Waals surface area contributed by atoms with Crippen LogP contribution in [0.2, 0.25) is 0 Å². The van der Waals surface area contributed by atoms with Crippen molar-refractivity contribution < 1.29 is 9.32 Å². The fourth-order valence-electron chi connectivity index (χ4n) is 4.44. The van der Waals surface area contributed by atoms with E-state index in [2.05, 4.69) is 47.6 Å². The molecule has 0 radical (unpaired) electrons. The van der Waals surface area contributed by atoms with Gasteiger partial charge >= 0.3 is 0 Å². The second-order valence-corrected chi connectivity index (χ2v) is 7.61. The number of hydrogen-bond donors (Lipinski definition) is 0. The Morgan fingerprint density at radius 2 is 1.76 bits per heavy atom. The van der Waals surface area contributed by atoms with Gasteiger partial charge < -0.3 is 9.42 Å². The van der Waals surface area contributed by atoms with E-state index in [9.17, 15) is 4.79 Å². The average Bonchev–Trinajstić information content (AvgIpc) is 3.22. The molecule has 1 aromatic heterocycles. The Balaban J connectivity index is 1.52. The van der Waals surface area contributed by atoms with Crippen LogP contribution in [0.1, 0.15) is 33.8 Å². The summed E-state index contributed by atoms with van der Waals surface area (Å²) in [5.74, 6) is 0.891. The number of benzene rings is 3. The van der Waals surface area contributed by atoms with Crippen LogP contribution in [-0.2, 0) is 6.42 Å². The molecule has 1 aliphatic rings. The molecule has 3 aromatic carbocycles. The highest BCUT2D eigenvalue weighted by atomic mass is 16.5. The Hall–Kier alpha value is -3.40. The van der Waals surface area contributed by atoms with Crippen molar-refractivity contribution >= 4 is 22.4 Å². The van der Waals surface area contributed by atoms with Crippen molar-refractivity contribution in [2.24, 2.45) is 0 Å². The Bertz CT molecular complexity index is 1210. The van der Waals surface area contributed by atoms with Gasteiger partial charge in [0.15, 0.2) is 0 Å². The van der Waals surface area contributed by atoms with Gasteiger partial charge in [-0.2, -0.15) is 0 Å². The highest BCUT2D eigenvalue weighted by Crippen LogP contribution is 2.43. The lowest BCUT2D eigenvalue weighted by Crippen LogP contribution is -2.28. The Labute approximate surface area is 169 Å². The zero-order chi connectivity index (χ0) is 20.0. The third-order valence-electron chi connectivity index (χ3n) is 5.78. The van der Waals surface area contributed by atoms with Crippen LogP contribution in [0, 0.1) is 13.8 Å². The number of anilines is 1. The van der Waals surface area contributed by atoms with Gasteiger partial charge in [0.05, 0.1) is 11.4 Å². The van der Waals surface area contributed by atoms with E-state index >= 15 is 0 Å². The van der Waals surface area contributed by atoms with Crippen molar-refractivity contribution in [2.45, 2.75) is 26.7 Å². The van der Waals surface area contributed by atoms with E-state index in [4.69, 9.17) is 4.52 Å². The van der Waals surface area contributed by atoms with Crippen molar-refractivity contribution in [2.75, 3.05) is 11.4 Å². The number of nitrogens with zero attached hydrogens (tertiary/aromatic N) is 2. The maximum absolute atomic E-state index is 13.1. The molecule has 4 nitrogen and oxygen atoms in total. The number of aromatic nitrogens is 1. The van der Waals surface area contributed by atoms with Crippen molar-refractivity contribution in [1.29, 1.82) is 0 Å². The van der Waals surface area contributed by atoms with Crippen LogP contribution in [0.4, 0.5) is 5.69 Å². The summed E-state index contributed by atoms with van der Waals surface area (Å²) in [6, 6.07) is 20.6. The topological polar surface area (TPSA) is 46.3 Å². The second kappa shape index (κ2) is 6.89. The minimum Gasteiger partial charge on any atom is -0.361 e. The third-order valence-corrected chi connectivity index (χ3v) is 5.78. The summed E-state index contributed by atoms with van der Waals surface area (Å²) in [7, 11) is 0. The molecule has 0 bridgehead atoms. The normalized spacial score (nSPS) is 12.9. The molecule has 0 saturated carbocycles. The van der Waals surface area contributed by atoms with Crippen LogP contribution < -0.4 is 4.90 Å². The van der Waals surface area contributed by atoms with Crippen molar-refractivity contribution in [1.82, 2.24) is 5.16 Å². The van der Waals surface area contributed by atoms with Crippen LogP contribution in [0.15, 0.2) is 65.2 Å². The van der Waals surface area contributed by atoms with Crippen LogP contribution in [0.25, 0.3) is 21.9 Å². The summed E-state index contributed by atoms with van der Waals surface area (Å²) in [5.41, 5.74) is 6.04. The van der Waals surface area contributed by atoms with E-state index in [1.807, 2.05) is 36.9 Å². The van der Waals surface area contributed by atoms with Gasteiger partial charge in [0.25, 0.3) is 5.91 Å². The van der Waals surface area contributed by atoms with Gasteiger partial charge in [-0.3, -0.25) is 4.79 Å². The first-order chi connectivity index (χ1) is 14.1. The highest BCUT2D eigenvalue weighted by Gasteiger charge is 2.30. The molecule has 29 heavy (non-hydrogen) atoms. The first-order valence-electron chi connectivity index (χ1n) is 10.00. The molecule has 0 fully saturated rings. The van der Waals surface area contributed by atoms with Crippen LogP contribution >= 0.6 is 0 Å². The van der Waals surface area contributed by atoms with E-state index in [0.29, 0.717) is 6.54 Å². The fourth-order valence-corrected chi connectivity index (χ4v) is 4.44. The number of rotatable bonds is 5. The predicted molar refractivity (Wildman–Crippen MR) is 115 cm³/mol. The van der Waals surface area contributed by atoms with Gasteiger partial charge in [-0.05, 0) is 55.3 Å². The first-order valence-corrected chi connectivity index (χ1v) is 10.00. The molecule has 4 heteroatoms. The summed E-state index contributed by atoms with van der Waals surface area (Å²) in [6.45, 7) is 4.60. The molecule has 0 unspecified atom stereocenters. The zero-order valence-corrected chi connectivity index (χ0v) is 16.6. The zero-order valence-electron chi connectivity index (χ0n) is 16.6. The van der Waals surface area contributed by atoms with Gasteiger partial charge in [0.2, 0.25) is 0 Å². The van der Waals surface area contributed by atoms with E-state index in [0.717, 1.165) is 57.4 Å². The molecular weight excluding hydrogens is 360 g/mol. The lowest BCUT2D eigenvalue weighted by atomic mass is 9.95. The Morgan fingerprint density at radius 3 is 2.52 bits per heavy atom. The monoisotopic (exact) mass is 382 g/mol. The largest absolute Gasteiger partial charge is 0.361 e. The maximum Gasteiger partial charge on any atom is 0.258 e. The van der Waals surface area contributed by atoms with Crippen molar-refractivity contribution in [3.8, 4) is 11.1 Å². The number of aryl methyl sites for hydroxylation is 3. The summed E-state index contributed by atoms with van der Waals surface area (Å²) in [5, 5.41) is 6.22. The van der Waals surface area contributed by atoms with Crippen molar-refractivity contribution in [3.05, 3.63) is 83.2 Å². The van der Waals surface area contributed by atoms with Gasteiger partial charge in [-0.1, -0.05) is 53.7 Å². The number of hydrogen-bond acceptors (Lipinski definition) is 3. The quantitative estimate of drug-likeness (QED) is 0.444. The van der Waals surface area contributed by atoms with Gasteiger partial charge in [0, 0.05) is 23.1 Å². The van der Waals surface area contributed by atoms with Crippen LogP contribution in [0.3, 0.4) is 0 Å². The molecule has 5 rings (SSSR count). The summed E-state index contributed by atoms with van der Waals surface area (Å²) >= 11 is 0. The average molecular weight is 382 g/mol. The molecule has 0 N–H and O–H groups in total. The third kappa shape index (κ3) is 2.83. The lowest BCUT2D eigenvalue weighted by molar-refractivity contribution is 0.0993. The standard InChI is InChI=1S/C25H22N2O2/c1-16-23(17(2)29-26-16)20-13-14-22-24-19(20)11-6-12-21(24)25(28)27(22)15-7-10-18-8-4-3-5-9-18/h3-6,8-9,11-14H,7,10,15H2,1-2H3. The molecule has 0 atom stereocenters. The number of carbonyl (C=O) groups is 1. The minimum atomic E-state index is 0.0922. The van der Waals surface area contributed by atoms with Gasteiger partial charge in [0.1, 0.15) is 5.76 Å². The summed E-state index contributed by atoms with van der Waals surface area (Å²) in [4.78, 5) is 15.1. The molecule has 1 amide bonds. The van der Waals surface area contributed by atoms with Crippen molar-refractivity contribution in [3.63, 3.8) is 0 Å². The van der Waals surface area contributed by atoms with E-state index in [1.165, 1.54) is 5.56 Å². The number of amides is 1. The maximum atomic E-state index is 13.1. The first kappa shape index (κ1) is 17.7. The molecule has 2 heterocycles. The Morgan fingerprint density at radius 1 is 0.931 bits per heavy atom. The molecule has 4 aromatic rings. The van der Waals surface area contributed by atoms with E-state index in [-0.39, 0.29) is 5.91 Å². The van der Waals surface area contributed by atoms with Crippen LogP contribution in [-0.4, -0.2) is 17.6 Å². The second-order valence-electron chi connectivity index (χ2n) is 7.61. The molecule has 0 spiro atoms. The smallest absolute Gasteiger partial charge is 0.258 e. The number of carbonyl (C=O) groups excluding carboxylic acids is 1. The molecule has 0 saturated heterocycles. The van der Waals surface area contributed by atoms with E-state index < -0.39 is 0 Å². The fraction of sp³-hybridized carbons (Fsp3) is 0.200. The van der Waals surface area contributed by atoms with E-state index in [1.54, 1.807) is 0 Å². The summed E-state index contributed by atoms with van der Waals surface area (Å²) < 4.78 is 5.38. The molecular formula is C25H22N2O2. The predicted octanol–water partition coefficient (Wildman–Crippen LogP) is 5.70. The minimum absolute atomic E-state index is 0.0922. The van der Waals surface area contributed by atoms with Crippen LogP contribution in [0.5, 0.6) is 0 Å². The Kier molecular flexibility index (Phi) is 4.20.